The fourth-order valence-corrected chi connectivity index (χ4v) is 1.50. The van der Waals surface area contributed by atoms with Gasteiger partial charge in [0.05, 0.1) is 6.54 Å². The zero-order valence-corrected chi connectivity index (χ0v) is 10.8. The molecule has 2 amide bonds. The van der Waals surface area contributed by atoms with E-state index in [0.717, 1.165) is 10.0 Å². The van der Waals surface area contributed by atoms with Gasteiger partial charge in [-0.15, -0.1) is 0 Å². The average Bonchev–Trinajstić information content (AvgIpc) is 2.28. The van der Waals surface area contributed by atoms with Crippen molar-refractivity contribution in [3.63, 3.8) is 0 Å². The van der Waals surface area contributed by atoms with E-state index in [9.17, 15) is 9.59 Å². The first kappa shape index (κ1) is 13.7. The molecule has 17 heavy (non-hydrogen) atoms. The van der Waals surface area contributed by atoms with Gasteiger partial charge in [-0.25, -0.2) is 0 Å². The highest BCUT2D eigenvalue weighted by molar-refractivity contribution is 9.10. The molecule has 0 aliphatic rings. The summed E-state index contributed by atoms with van der Waals surface area (Å²) in [5, 5.41) is 11.5. The summed E-state index contributed by atoms with van der Waals surface area (Å²) < 4.78 is 0.820. The summed E-state index contributed by atoms with van der Waals surface area (Å²) in [6.45, 7) is 1.71. The van der Waals surface area contributed by atoms with Gasteiger partial charge in [0, 0.05) is 10.0 Å². The molecule has 5 nitrogen and oxygen atoms in total. The Morgan fingerprint density at radius 1 is 1.53 bits per heavy atom. The summed E-state index contributed by atoms with van der Waals surface area (Å²) in [6.07, 6.45) is -1.37. The number of carbonyl (C=O) groups excluding carboxylic acids is 2. The van der Waals surface area contributed by atoms with Crippen LogP contribution in [0.4, 0.5) is 0 Å². The van der Waals surface area contributed by atoms with Crippen molar-refractivity contribution in [3.05, 3.63) is 33.8 Å². The fourth-order valence-electron chi connectivity index (χ4n) is 1.13. The van der Waals surface area contributed by atoms with Crippen LogP contribution in [-0.2, 0) is 4.79 Å². The summed E-state index contributed by atoms with van der Waals surface area (Å²) in [6, 6.07) is 5.12. The Morgan fingerprint density at radius 3 is 2.71 bits per heavy atom. The molecule has 4 N–H and O–H groups in total. The number of primary amides is 1. The zero-order chi connectivity index (χ0) is 13.0. The van der Waals surface area contributed by atoms with Crippen molar-refractivity contribution < 1.29 is 14.7 Å². The maximum absolute atomic E-state index is 11.6. The van der Waals surface area contributed by atoms with Crippen LogP contribution in [0.25, 0.3) is 0 Å². The summed E-state index contributed by atoms with van der Waals surface area (Å²) in [4.78, 5) is 22.2. The van der Waals surface area contributed by atoms with Gasteiger partial charge in [-0.2, -0.15) is 0 Å². The molecule has 1 aromatic carbocycles. The van der Waals surface area contributed by atoms with Gasteiger partial charge in [0.1, 0.15) is 6.10 Å². The molecular formula is C11H13BrN2O3. The lowest BCUT2D eigenvalue weighted by molar-refractivity contribution is -0.125. The normalized spacial score (nSPS) is 11.9. The second kappa shape index (κ2) is 5.79. The van der Waals surface area contributed by atoms with Crippen LogP contribution >= 0.6 is 15.9 Å². The van der Waals surface area contributed by atoms with Crippen molar-refractivity contribution in [2.24, 2.45) is 5.73 Å². The molecule has 0 saturated heterocycles. The van der Waals surface area contributed by atoms with Gasteiger partial charge >= 0.3 is 0 Å². The number of hydrogen-bond acceptors (Lipinski definition) is 3. The van der Waals surface area contributed by atoms with E-state index >= 15 is 0 Å². The summed E-state index contributed by atoms with van der Waals surface area (Å²) >= 11 is 3.31. The summed E-state index contributed by atoms with van der Waals surface area (Å²) in [5.41, 5.74) is 6.31. The molecule has 0 radical (unpaired) electrons. The number of aliphatic hydroxyl groups is 1. The molecule has 1 atom stereocenters. The average molecular weight is 301 g/mol. The third-order valence-electron chi connectivity index (χ3n) is 2.22. The van der Waals surface area contributed by atoms with Crippen LogP contribution in [0.1, 0.15) is 15.9 Å². The number of amides is 2. The number of hydrogen-bond donors (Lipinski definition) is 3. The van der Waals surface area contributed by atoms with Crippen LogP contribution in [0.2, 0.25) is 0 Å². The number of rotatable bonds is 4. The highest BCUT2D eigenvalue weighted by atomic mass is 79.9. The Balaban J connectivity index is 2.64. The second-order valence-corrected chi connectivity index (χ2v) is 4.45. The predicted octanol–water partition coefficient (Wildman–Crippen LogP) is 0.334. The van der Waals surface area contributed by atoms with Crippen molar-refractivity contribution in [1.29, 1.82) is 0 Å². The molecule has 92 valence electrons. The Morgan fingerprint density at radius 2 is 2.18 bits per heavy atom. The van der Waals surface area contributed by atoms with Crippen molar-refractivity contribution in [1.82, 2.24) is 5.32 Å². The predicted molar refractivity (Wildman–Crippen MR) is 66.4 cm³/mol. The Kier molecular flexibility index (Phi) is 4.65. The van der Waals surface area contributed by atoms with Crippen LogP contribution < -0.4 is 11.1 Å². The molecule has 1 aromatic rings. The molecule has 0 aliphatic carbocycles. The number of carbonyl (C=O) groups is 2. The van der Waals surface area contributed by atoms with Crippen molar-refractivity contribution >= 4 is 27.7 Å². The Bertz CT molecular complexity index is 448. The van der Waals surface area contributed by atoms with Crippen LogP contribution in [0.5, 0.6) is 0 Å². The van der Waals surface area contributed by atoms with Crippen LogP contribution in [-0.4, -0.2) is 29.6 Å². The maximum Gasteiger partial charge on any atom is 0.251 e. The molecule has 0 bridgehead atoms. The molecular weight excluding hydrogens is 288 g/mol. The minimum absolute atomic E-state index is 0.195. The van der Waals surface area contributed by atoms with Gasteiger partial charge in [-0.1, -0.05) is 22.0 Å². The van der Waals surface area contributed by atoms with Gasteiger partial charge in [0.15, 0.2) is 0 Å². The minimum Gasteiger partial charge on any atom is -0.381 e. The molecule has 1 unspecified atom stereocenters. The topological polar surface area (TPSA) is 92.4 Å². The van der Waals surface area contributed by atoms with E-state index in [1.54, 1.807) is 18.2 Å². The van der Waals surface area contributed by atoms with E-state index in [-0.39, 0.29) is 12.5 Å². The van der Waals surface area contributed by atoms with Crippen molar-refractivity contribution in [3.8, 4) is 0 Å². The van der Waals surface area contributed by atoms with Crippen LogP contribution in [0.15, 0.2) is 22.7 Å². The molecule has 0 saturated carbocycles. The Hall–Kier alpha value is -1.40. The number of aliphatic hydroxyl groups excluding tert-OH is 1. The lowest BCUT2D eigenvalue weighted by atomic mass is 10.1. The lowest BCUT2D eigenvalue weighted by Gasteiger charge is -2.09. The van der Waals surface area contributed by atoms with E-state index in [1.165, 1.54) is 0 Å². The highest BCUT2D eigenvalue weighted by Gasteiger charge is 2.13. The molecule has 0 spiro atoms. The molecule has 6 heteroatoms. The largest absolute Gasteiger partial charge is 0.381 e. The number of aryl methyl sites for hydroxylation is 1. The monoisotopic (exact) mass is 300 g/mol. The SMILES string of the molecule is Cc1ccc(C(=O)NCC(O)C(N)=O)cc1Br. The summed E-state index contributed by atoms with van der Waals surface area (Å²) in [5.74, 6) is -1.23. The molecule has 0 heterocycles. The molecule has 0 fully saturated rings. The van der Waals surface area contributed by atoms with Crippen LogP contribution in [0.3, 0.4) is 0 Å². The zero-order valence-electron chi connectivity index (χ0n) is 9.24. The van der Waals surface area contributed by atoms with Gasteiger partial charge < -0.3 is 16.2 Å². The Labute approximate surface area is 107 Å². The van der Waals surface area contributed by atoms with Crippen molar-refractivity contribution in [2.45, 2.75) is 13.0 Å². The van der Waals surface area contributed by atoms with Gasteiger partial charge in [-0.05, 0) is 24.6 Å². The standard InChI is InChI=1S/C11H13BrN2O3/c1-6-2-3-7(4-8(6)12)11(17)14-5-9(15)10(13)16/h2-4,9,15H,5H2,1H3,(H2,13,16)(H,14,17). The minimum atomic E-state index is -1.37. The van der Waals surface area contributed by atoms with E-state index in [2.05, 4.69) is 21.2 Å². The lowest BCUT2D eigenvalue weighted by Crippen LogP contribution is -2.39. The third-order valence-corrected chi connectivity index (χ3v) is 3.07. The molecule has 0 aliphatic heterocycles. The van der Waals surface area contributed by atoms with E-state index in [4.69, 9.17) is 10.8 Å². The van der Waals surface area contributed by atoms with Gasteiger partial charge in [0.25, 0.3) is 5.91 Å². The highest BCUT2D eigenvalue weighted by Crippen LogP contribution is 2.17. The smallest absolute Gasteiger partial charge is 0.251 e. The van der Waals surface area contributed by atoms with Crippen LogP contribution in [0, 0.1) is 6.92 Å². The first-order chi connectivity index (χ1) is 7.91. The summed E-state index contributed by atoms with van der Waals surface area (Å²) in [7, 11) is 0. The quantitative estimate of drug-likeness (QED) is 0.748. The van der Waals surface area contributed by atoms with E-state index < -0.39 is 12.0 Å². The first-order valence-corrected chi connectivity index (χ1v) is 5.73. The fraction of sp³-hybridized carbons (Fsp3) is 0.273. The third kappa shape index (κ3) is 3.83. The second-order valence-electron chi connectivity index (χ2n) is 3.59. The van der Waals surface area contributed by atoms with Gasteiger partial charge in [-0.3, -0.25) is 9.59 Å². The number of nitrogens with one attached hydrogen (secondary N) is 1. The number of halogens is 1. The maximum atomic E-state index is 11.6. The van der Waals surface area contributed by atoms with E-state index in [0.29, 0.717) is 5.56 Å². The first-order valence-electron chi connectivity index (χ1n) is 4.93. The van der Waals surface area contributed by atoms with Crippen molar-refractivity contribution in [2.75, 3.05) is 6.54 Å². The molecule has 1 rings (SSSR count). The number of benzene rings is 1. The molecule has 0 aromatic heterocycles. The van der Waals surface area contributed by atoms with E-state index in [1.807, 2.05) is 6.92 Å². The van der Waals surface area contributed by atoms with Gasteiger partial charge in [0.2, 0.25) is 5.91 Å². The number of nitrogens with two attached hydrogens (primary N) is 1.